The van der Waals surface area contributed by atoms with E-state index in [0.29, 0.717) is 0 Å². The molecule has 0 aliphatic rings. The molecule has 0 bridgehead atoms. The number of rotatable bonds is 8. The summed E-state index contributed by atoms with van der Waals surface area (Å²) in [6.07, 6.45) is -1.19. The highest BCUT2D eigenvalue weighted by atomic mass is 16.5. The number of benzene rings is 1. The van der Waals surface area contributed by atoms with Gasteiger partial charge in [0.25, 0.3) is 0 Å². The summed E-state index contributed by atoms with van der Waals surface area (Å²) in [6, 6.07) is 6.29. The number of hydrogen-bond acceptors (Lipinski definition) is 5. The summed E-state index contributed by atoms with van der Waals surface area (Å²) in [6.45, 7) is -6.20. The lowest BCUT2D eigenvalue weighted by Gasteiger charge is -2.11. The van der Waals surface area contributed by atoms with Crippen molar-refractivity contribution in [1.29, 1.82) is 0 Å². The number of ether oxygens (including phenoxy) is 2. The quantitative estimate of drug-likeness (QED) is 0.602. The molecule has 0 aromatic heterocycles. The van der Waals surface area contributed by atoms with Gasteiger partial charge in [0.05, 0.1) is 22.6 Å². The van der Waals surface area contributed by atoms with Crippen molar-refractivity contribution in [3.8, 4) is 11.5 Å². The second-order valence-corrected chi connectivity index (χ2v) is 3.20. The normalized spacial score (nSPS) is 17.4. The first kappa shape index (κ1) is 8.74. The van der Waals surface area contributed by atoms with Gasteiger partial charge < -0.3 is 25.0 Å². The standard InChI is InChI=1S/C12H19NO4/c1-16-11-4-2-3-5-12(11)17-7-6-13-8-10(15)9-14/h2-5,10,13-15H,6-9H2,1H3/i6D2,7D2. The maximum Gasteiger partial charge on any atom is 0.161 e. The number of aliphatic hydroxyl groups is 2. The van der Waals surface area contributed by atoms with Crippen LogP contribution >= 0.6 is 0 Å². The van der Waals surface area contributed by atoms with Gasteiger partial charge in [-0.25, -0.2) is 0 Å². The molecule has 1 atom stereocenters. The third-order valence-electron chi connectivity index (χ3n) is 1.92. The van der Waals surface area contributed by atoms with Crippen LogP contribution in [0.1, 0.15) is 5.48 Å². The number of methoxy groups -OCH3 is 1. The van der Waals surface area contributed by atoms with Crippen molar-refractivity contribution in [3.05, 3.63) is 24.3 Å². The molecule has 0 radical (unpaired) electrons. The van der Waals surface area contributed by atoms with Crippen molar-refractivity contribution in [2.75, 3.05) is 33.3 Å². The van der Waals surface area contributed by atoms with E-state index in [-0.39, 0.29) is 18.0 Å². The van der Waals surface area contributed by atoms with E-state index in [1.807, 2.05) is 0 Å². The summed E-state index contributed by atoms with van der Waals surface area (Å²) in [5.41, 5.74) is 0. The van der Waals surface area contributed by atoms with Gasteiger partial charge in [0.1, 0.15) is 6.56 Å². The highest BCUT2D eigenvalue weighted by Gasteiger charge is 2.03. The van der Waals surface area contributed by atoms with Crippen LogP contribution in [0.4, 0.5) is 0 Å². The molecule has 3 N–H and O–H groups in total. The molecule has 0 heterocycles. The third kappa shape index (κ3) is 5.04. The summed E-state index contributed by atoms with van der Waals surface area (Å²) < 4.78 is 41.0. The van der Waals surface area contributed by atoms with Gasteiger partial charge in [-0.1, -0.05) is 12.1 Å². The van der Waals surface area contributed by atoms with Crippen LogP contribution in [0, 0.1) is 0 Å². The Bertz CT molecular complexity index is 459. The number of para-hydroxylation sites is 2. The average molecular weight is 245 g/mol. The largest absolute Gasteiger partial charge is 0.493 e. The predicted octanol–water partition coefficient (Wildman–Crippen LogP) is 0.0168. The molecule has 1 aromatic carbocycles. The third-order valence-corrected chi connectivity index (χ3v) is 1.92. The first-order valence-electron chi connectivity index (χ1n) is 7.09. The maximum absolute atomic E-state index is 9.20. The number of aliphatic hydroxyl groups excluding tert-OH is 2. The molecule has 0 fully saturated rings. The van der Waals surface area contributed by atoms with Gasteiger partial charge in [0, 0.05) is 15.8 Å². The Morgan fingerprint density at radius 2 is 2.12 bits per heavy atom. The fourth-order valence-electron chi connectivity index (χ4n) is 1.05. The summed E-state index contributed by atoms with van der Waals surface area (Å²) >= 11 is 0. The zero-order valence-electron chi connectivity index (χ0n) is 13.5. The van der Waals surface area contributed by atoms with Crippen LogP contribution in [-0.4, -0.2) is 49.6 Å². The van der Waals surface area contributed by atoms with Crippen LogP contribution < -0.4 is 14.8 Å². The number of nitrogens with one attached hydrogen (secondary N) is 1. The summed E-state index contributed by atoms with van der Waals surface area (Å²) in [5.74, 6) is 0.325. The van der Waals surface area contributed by atoms with Gasteiger partial charge in [0.15, 0.2) is 11.5 Å². The smallest absolute Gasteiger partial charge is 0.161 e. The molecule has 96 valence electrons. The van der Waals surface area contributed by atoms with E-state index in [1.54, 1.807) is 18.2 Å². The highest BCUT2D eigenvalue weighted by Crippen LogP contribution is 2.25. The van der Waals surface area contributed by atoms with Crippen molar-refractivity contribution in [1.82, 2.24) is 5.32 Å². The molecule has 0 aliphatic carbocycles. The molecule has 0 saturated carbocycles. The fraction of sp³-hybridized carbons (Fsp3) is 0.500. The SMILES string of the molecule is [2H]C([2H])(NCC(O)CO)C([2H])([2H])Oc1ccccc1OC. The van der Waals surface area contributed by atoms with E-state index in [9.17, 15) is 5.11 Å². The lowest BCUT2D eigenvalue weighted by molar-refractivity contribution is 0.0936. The van der Waals surface area contributed by atoms with E-state index in [0.717, 1.165) is 0 Å². The lowest BCUT2D eigenvalue weighted by atomic mass is 10.3. The van der Waals surface area contributed by atoms with Crippen molar-refractivity contribution in [2.45, 2.75) is 6.10 Å². The molecule has 1 aromatic rings. The summed E-state index contributed by atoms with van der Waals surface area (Å²) in [5, 5.41) is 20.1. The molecule has 0 saturated heterocycles. The van der Waals surface area contributed by atoms with E-state index in [2.05, 4.69) is 5.32 Å². The van der Waals surface area contributed by atoms with E-state index in [4.69, 9.17) is 20.1 Å². The predicted molar refractivity (Wildman–Crippen MR) is 64.5 cm³/mol. The van der Waals surface area contributed by atoms with Crippen molar-refractivity contribution in [3.63, 3.8) is 0 Å². The van der Waals surface area contributed by atoms with Crippen LogP contribution in [0.2, 0.25) is 0 Å². The second kappa shape index (κ2) is 7.89. The van der Waals surface area contributed by atoms with Crippen LogP contribution in [0.25, 0.3) is 0 Å². The zero-order chi connectivity index (χ0) is 16.1. The lowest BCUT2D eigenvalue weighted by Crippen LogP contribution is -2.32. The Balaban J connectivity index is 2.83. The van der Waals surface area contributed by atoms with Gasteiger partial charge >= 0.3 is 0 Å². The Morgan fingerprint density at radius 1 is 1.41 bits per heavy atom. The Labute approximate surface area is 107 Å². The monoisotopic (exact) mass is 245 g/mol. The van der Waals surface area contributed by atoms with E-state index < -0.39 is 25.8 Å². The second-order valence-electron chi connectivity index (χ2n) is 3.20. The zero-order valence-corrected chi connectivity index (χ0v) is 9.51. The van der Waals surface area contributed by atoms with E-state index >= 15 is 0 Å². The van der Waals surface area contributed by atoms with Crippen LogP contribution in [-0.2, 0) is 0 Å². The van der Waals surface area contributed by atoms with Crippen LogP contribution in [0.15, 0.2) is 24.3 Å². The Kier molecular flexibility index (Phi) is 4.06. The van der Waals surface area contributed by atoms with Crippen molar-refractivity contribution < 1.29 is 25.2 Å². The molecule has 0 aliphatic heterocycles. The molecule has 5 heteroatoms. The molecular formula is C12H19NO4. The molecule has 17 heavy (non-hydrogen) atoms. The first-order chi connectivity index (χ1) is 9.73. The van der Waals surface area contributed by atoms with Crippen molar-refractivity contribution in [2.24, 2.45) is 0 Å². The molecule has 0 amide bonds. The minimum Gasteiger partial charge on any atom is -0.493 e. The number of hydrogen-bond donors (Lipinski definition) is 3. The van der Waals surface area contributed by atoms with Gasteiger partial charge in [-0.3, -0.25) is 0 Å². The summed E-state index contributed by atoms with van der Waals surface area (Å²) in [7, 11) is 1.39. The molecule has 1 rings (SSSR count). The first-order valence-corrected chi connectivity index (χ1v) is 5.09. The van der Waals surface area contributed by atoms with Crippen molar-refractivity contribution >= 4 is 0 Å². The Hall–Kier alpha value is -1.30. The molecular weight excluding hydrogens is 222 g/mol. The average Bonchev–Trinajstić information content (AvgIpc) is 2.44. The fourth-order valence-corrected chi connectivity index (χ4v) is 1.05. The van der Waals surface area contributed by atoms with Gasteiger partial charge in [0.2, 0.25) is 0 Å². The van der Waals surface area contributed by atoms with Gasteiger partial charge in [-0.2, -0.15) is 0 Å². The summed E-state index contributed by atoms with van der Waals surface area (Å²) in [4.78, 5) is 0. The maximum atomic E-state index is 9.20. The topological polar surface area (TPSA) is 71.0 Å². The minimum absolute atomic E-state index is 0.0541. The molecule has 0 spiro atoms. The van der Waals surface area contributed by atoms with Gasteiger partial charge in [-0.15, -0.1) is 0 Å². The van der Waals surface area contributed by atoms with Crippen LogP contribution in [0.5, 0.6) is 11.5 Å². The van der Waals surface area contributed by atoms with Gasteiger partial charge in [-0.05, 0) is 12.1 Å². The molecule has 5 nitrogen and oxygen atoms in total. The highest BCUT2D eigenvalue weighted by molar-refractivity contribution is 5.39. The van der Waals surface area contributed by atoms with E-state index in [1.165, 1.54) is 13.2 Å². The Morgan fingerprint density at radius 3 is 2.76 bits per heavy atom. The minimum atomic E-state index is -2.73. The molecule has 1 unspecified atom stereocenters. The van der Waals surface area contributed by atoms with Crippen LogP contribution in [0.3, 0.4) is 0 Å².